The van der Waals surface area contributed by atoms with Crippen molar-refractivity contribution in [2.75, 3.05) is 0 Å². The highest BCUT2D eigenvalue weighted by atomic mass is 16.5. The molecule has 0 bridgehead atoms. The molecule has 0 aromatic rings. The molecule has 1 heteroatoms. The van der Waals surface area contributed by atoms with Gasteiger partial charge in [0.2, 0.25) is 0 Å². The summed E-state index contributed by atoms with van der Waals surface area (Å²) >= 11 is 0. The zero-order valence-corrected chi connectivity index (χ0v) is 10.4. The van der Waals surface area contributed by atoms with E-state index in [0.717, 1.165) is 12.8 Å². The number of unbranched alkanes of at least 4 members (excludes halogenated alkanes) is 2. The molecule has 1 nitrogen and oxygen atoms in total. The lowest BCUT2D eigenvalue weighted by atomic mass is 10.0. The zero-order valence-electron chi connectivity index (χ0n) is 10.4. The molecule has 0 aromatic carbocycles. The van der Waals surface area contributed by atoms with Gasteiger partial charge in [0.1, 0.15) is 5.76 Å². The van der Waals surface area contributed by atoms with Crippen LogP contribution in [0.3, 0.4) is 0 Å². The summed E-state index contributed by atoms with van der Waals surface area (Å²) in [5, 5.41) is 0. The Morgan fingerprint density at radius 2 is 1.81 bits per heavy atom. The number of hydrogen-bond donors (Lipinski definition) is 0. The van der Waals surface area contributed by atoms with Gasteiger partial charge in [-0.2, -0.15) is 0 Å². The van der Waals surface area contributed by atoms with Gasteiger partial charge < -0.3 is 4.74 Å². The van der Waals surface area contributed by atoms with Gasteiger partial charge in [-0.3, -0.25) is 0 Å². The molecule has 2 aliphatic rings. The van der Waals surface area contributed by atoms with E-state index in [-0.39, 0.29) is 0 Å². The fourth-order valence-corrected chi connectivity index (χ4v) is 2.21. The quantitative estimate of drug-likeness (QED) is 0.627. The molecule has 0 N–H and O–H groups in total. The molecule has 1 aliphatic carbocycles. The standard InChI is InChI=1S/C15H21O/c1-3-5-10-14-12-8-7-9-13(12)15(16-14)11-6-4-2/h7-9H,3-6,10-11H2,1-2H3. The maximum absolute atomic E-state index is 6.01. The maximum atomic E-state index is 6.01. The lowest BCUT2D eigenvalue weighted by Gasteiger charge is -2.11. The molecule has 1 radical (unpaired) electrons. The first-order valence-corrected chi connectivity index (χ1v) is 6.52. The molecule has 0 saturated carbocycles. The SMILES string of the molecule is CCCC[C]1OC(CCCC)=C2C=CC=C12. The maximum Gasteiger partial charge on any atom is 0.178 e. The van der Waals surface area contributed by atoms with Crippen LogP contribution in [0.15, 0.2) is 35.1 Å². The Morgan fingerprint density at radius 1 is 1.06 bits per heavy atom. The van der Waals surface area contributed by atoms with Crippen LogP contribution in [-0.4, -0.2) is 0 Å². The Kier molecular flexibility index (Phi) is 3.87. The van der Waals surface area contributed by atoms with Gasteiger partial charge in [0.05, 0.1) is 0 Å². The third-order valence-electron chi connectivity index (χ3n) is 3.18. The highest BCUT2D eigenvalue weighted by molar-refractivity contribution is 5.58. The van der Waals surface area contributed by atoms with Crippen molar-refractivity contribution >= 4 is 0 Å². The van der Waals surface area contributed by atoms with Crippen LogP contribution in [0.5, 0.6) is 0 Å². The summed E-state index contributed by atoms with van der Waals surface area (Å²) in [4.78, 5) is 0. The predicted molar refractivity (Wildman–Crippen MR) is 67.6 cm³/mol. The second-order valence-electron chi connectivity index (χ2n) is 4.51. The summed E-state index contributed by atoms with van der Waals surface area (Å²) < 4.78 is 6.01. The van der Waals surface area contributed by atoms with Crippen molar-refractivity contribution in [2.45, 2.75) is 52.4 Å². The van der Waals surface area contributed by atoms with E-state index in [9.17, 15) is 0 Å². The fourth-order valence-electron chi connectivity index (χ4n) is 2.21. The van der Waals surface area contributed by atoms with Gasteiger partial charge in [-0.25, -0.2) is 0 Å². The van der Waals surface area contributed by atoms with Crippen molar-refractivity contribution in [3.05, 3.63) is 41.2 Å². The van der Waals surface area contributed by atoms with Crippen molar-refractivity contribution in [3.63, 3.8) is 0 Å². The average molecular weight is 217 g/mol. The van der Waals surface area contributed by atoms with E-state index in [0.29, 0.717) is 0 Å². The summed E-state index contributed by atoms with van der Waals surface area (Å²) in [5.41, 5.74) is 2.69. The molecule has 0 aromatic heterocycles. The molecular formula is C15H21O. The van der Waals surface area contributed by atoms with Crippen molar-refractivity contribution in [1.82, 2.24) is 0 Å². The van der Waals surface area contributed by atoms with E-state index in [1.54, 1.807) is 0 Å². The largest absolute Gasteiger partial charge is 0.482 e. The lowest BCUT2D eigenvalue weighted by molar-refractivity contribution is 0.232. The van der Waals surface area contributed by atoms with Crippen LogP contribution in [0.4, 0.5) is 0 Å². The highest BCUT2D eigenvalue weighted by Crippen LogP contribution is 2.43. The fraction of sp³-hybridized carbons (Fsp3) is 0.533. The first-order valence-electron chi connectivity index (χ1n) is 6.52. The molecule has 1 heterocycles. The predicted octanol–water partition coefficient (Wildman–Crippen LogP) is 4.68. The van der Waals surface area contributed by atoms with Gasteiger partial charge in [-0.05, 0) is 19.3 Å². The molecule has 0 fully saturated rings. The van der Waals surface area contributed by atoms with E-state index in [1.807, 2.05) is 0 Å². The van der Waals surface area contributed by atoms with Gasteiger partial charge in [-0.15, -0.1) is 0 Å². The first-order chi connectivity index (χ1) is 7.86. The average Bonchev–Trinajstić information content (AvgIpc) is 2.86. The Labute approximate surface area is 98.9 Å². The Balaban J connectivity index is 2.01. The lowest BCUT2D eigenvalue weighted by Crippen LogP contribution is -1.98. The molecule has 0 saturated heterocycles. The van der Waals surface area contributed by atoms with Gasteiger partial charge in [0.25, 0.3) is 0 Å². The molecule has 0 atom stereocenters. The normalized spacial score (nSPS) is 19.0. The smallest absolute Gasteiger partial charge is 0.178 e. The molecule has 16 heavy (non-hydrogen) atoms. The van der Waals surface area contributed by atoms with Gasteiger partial charge >= 0.3 is 0 Å². The summed E-state index contributed by atoms with van der Waals surface area (Å²) in [5.74, 6) is 1.20. The summed E-state index contributed by atoms with van der Waals surface area (Å²) in [6.07, 6.45) is 14.8. The van der Waals surface area contributed by atoms with Crippen LogP contribution >= 0.6 is 0 Å². The van der Waals surface area contributed by atoms with Crippen molar-refractivity contribution in [3.8, 4) is 0 Å². The molecule has 0 spiro atoms. The van der Waals surface area contributed by atoms with Crippen molar-refractivity contribution < 1.29 is 4.74 Å². The second kappa shape index (κ2) is 5.38. The summed E-state index contributed by atoms with van der Waals surface area (Å²) in [6.45, 7) is 4.45. The van der Waals surface area contributed by atoms with Crippen LogP contribution in [0.2, 0.25) is 0 Å². The van der Waals surface area contributed by atoms with Gasteiger partial charge in [0.15, 0.2) is 6.10 Å². The van der Waals surface area contributed by atoms with Crippen LogP contribution in [0.25, 0.3) is 0 Å². The molecule has 0 unspecified atom stereocenters. The Hall–Kier alpha value is -0.980. The first kappa shape index (κ1) is 11.5. The second-order valence-corrected chi connectivity index (χ2v) is 4.51. The topological polar surface area (TPSA) is 9.23 Å². The Bertz CT molecular complexity index is 333. The van der Waals surface area contributed by atoms with E-state index < -0.39 is 0 Å². The van der Waals surface area contributed by atoms with Crippen LogP contribution in [0.1, 0.15) is 52.4 Å². The van der Waals surface area contributed by atoms with Crippen molar-refractivity contribution in [2.24, 2.45) is 0 Å². The van der Waals surface area contributed by atoms with Crippen molar-refractivity contribution in [1.29, 1.82) is 0 Å². The van der Waals surface area contributed by atoms with E-state index in [1.165, 1.54) is 48.7 Å². The summed E-state index contributed by atoms with van der Waals surface area (Å²) in [6, 6.07) is 0. The Morgan fingerprint density at radius 3 is 2.56 bits per heavy atom. The minimum absolute atomic E-state index is 1.09. The van der Waals surface area contributed by atoms with Crippen LogP contribution in [0, 0.1) is 6.10 Å². The third kappa shape index (κ3) is 2.23. The number of hydrogen-bond acceptors (Lipinski definition) is 1. The molecule has 87 valence electrons. The highest BCUT2D eigenvalue weighted by Gasteiger charge is 2.31. The molecular weight excluding hydrogens is 196 g/mol. The van der Waals surface area contributed by atoms with E-state index in [2.05, 4.69) is 32.1 Å². The third-order valence-corrected chi connectivity index (χ3v) is 3.18. The number of fused-ring (bicyclic) bond motifs is 1. The monoisotopic (exact) mass is 217 g/mol. The molecule has 1 aliphatic heterocycles. The number of ether oxygens (including phenoxy) is 1. The number of allylic oxidation sites excluding steroid dienone is 4. The number of rotatable bonds is 6. The van der Waals surface area contributed by atoms with Crippen LogP contribution < -0.4 is 0 Å². The summed E-state index contributed by atoms with van der Waals surface area (Å²) in [7, 11) is 0. The minimum Gasteiger partial charge on any atom is -0.482 e. The minimum atomic E-state index is 1.09. The zero-order chi connectivity index (χ0) is 11.4. The van der Waals surface area contributed by atoms with Gasteiger partial charge in [0, 0.05) is 17.6 Å². The van der Waals surface area contributed by atoms with E-state index in [4.69, 9.17) is 4.74 Å². The molecule has 2 rings (SSSR count). The van der Waals surface area contributed by atoms with Crippen LogP contribution in [-0.2, 0) is 4.74 Å². The van der Waals surface area contributed by atoms with Gasteiger partial charge in [-0.1, -0.05) is 44.9 Å². The van der Waals surface area contributed by atoms with E-state index >= 15 is 0 Å². The molecule has 0 amide bonds.